The number of aromatic nitrogens is 2. The average molecular weight is 325 g/mol. The summed E-state index contributed by atoms with van der Waals surface area (Å²) in [5, 5.41) is 15.1. The van der Waals surface area contributed by atoms with Crippen LogP contribution in [0.2, 0.25) is 0 Å². The van der Waals surface area contributed by atoms with Crippen molar-refractivity contribution >= 4 is 5.69 Å². The van der Waals surface area contributed by atoms with Gasteiger partial charge in [0, 0.05) is 23.8 Å². The Hall–Kier alpha value is -3.35. The summed E-state index contributed by atoms with van der Waals surface area (Å²) in [5.74, 6) is 1.34. The number of nitrogens with zero attached hydrogens (tertiary/aromatic N) is 3. The van der Waals surface area contributed by atoms with E-state index >= 15 is 0 Å². The molecule has 0 aliphatic carbocycles. The van der Waals surface area contributed by atoms with Gasteiger partial charge in [0.1, 0.15) is 11.5 Å². The summed E-state index contributed by atoms with van der Waals surface area (Å²) >= 11 is 0. The zero-order chi connectivity index (χ0) is 17.1. The molecule has 0 amide bonds. The first kappa shape index (κ1) is 15.5. The van der Waals surface area contributed by atoms with Crippen molar-refractivity contribution in [3.05, 3.63) is 64.8 Å². The molecule has 2 aromatic carbocycles. The van der Waals surface area contributed by atoms with Gasteiger partial charge < -0.3 is 9.47 Å². The fraction of sp³-hybridized carbons (Fsp3) is 0.118. The quantitative estimate of drug-likeness (QED) is 0.530. The van der Waals surface area contributed by atoms with E-state index in [-0.39, 0.29) is 5.69 Å². The highest BCUT2D eigenvalue weighted by Crippen LogP contribution is 2.34. The van der Waals surface area contributed by atoms with Crippen molar-refractivity contribution in [2.24, 2.45) is 0 Å². The maximum absolute atomic E-state index is 10.8. The first-order valence-electron chi connectivity index (χ1n) is 7.15. The van der Waals surface area contributed by atoms with Gasteiger partial charge in [0.15, 0.2) is 0 Å². The van der Waals surface area contributed by atoms with Crippen LogP contribution in [0.25, 0.3) is 16.9 Å². The second kappa shape index (κ2) is 6.41. The fourth-order valence-corrected chi connectivity index (χ4v) is 2.44. The molecule has 0 unspecified atom stereocenters. The van der Waals surface area contributed by atoms with Crippen molar-refractivity contribution in [1.82, 2.24) is 9.78 Å². The van der Waals surface area contributed by atoms with Gasteiger partial charge in [0.2, 0.25) is 0 Å². The van der Waals surface area contributed by atoms with Gasteiger partial charge in [0.25, 0.3) is 5.69 Å². The van der Waals surface area contributed by atoms with E-state index in [0.29, 0.717) is 11.5 Å². The van der Waals surface area contributed by atoms with E-state index in [1.165, 1.54) is 12.1 Å². The third kappa shape index (κ3) is 2.79. The SMILES string of the molecule is COc1ccc(-c2ccnn2-c2ccc([N+](=O)[O-])cc2)c(OC)c1. The molecule has 0 atom stereocenters. The van der Waals surface area contributed by atoms with Crippen molar-refractivity contribution in [3.8, 4) is 28.4 Å². The van der Waals surface area contributed by atoms with Crippen LogP contribution in [-0.4, -0.2) is 28.9 Å². The lowest BCUT2D eigenvalue weighted by atomic mass is 10.1. The number of benzene rings is 2. The van der Waals surface area contributed by atoms with Crippen molar-refractivity contribution < 1.29 is 14.4 Å². The first-order chi connectivity index (χ1) is 11.6. The molecule has 1 aromatic heterocycles. The predicted octanol–water partition coefficient (Wildman–Crippen LogP) is 3.46. The van der Waals surface area contributed by atoms with E-state index in [9.17, 15) is 10.1 Å². The Morgan fingerprint density at radius 1 is 1.04 bits per heavy atom. The summed E-state index contributed by atoms with van der Waals surface area (Å²) in [6, 6.07) is 13.6. The molecule has 1 heterocycles. The Labute approximate surface area is 138 Å². The minimum absolute atomic E-state index is 0.0366. The summed E-state index contributed by atoms with van der Waals surface area (Å²) in [4.78, 5) is 10.4. The van der Waals surface area contributed by atoms with Crippen molar-refractivity contribution in [3.63, 3.8) is 0 Å². The lowest BCUT2D eigenvalue weighted by Gasteiger charge is -2.12. The Morgan fingerprint density at radius 3 is 2.42 bits per heavy atom. The minimum Gasteiger partial charge on any atom is -0.497 e. The summed E-state index contributed by atoms with van der Waals surface area (Å²) in [5.41, 5.74) is 2.41. The topological polar surface area (TPSA) is 79.4 Å². The van der Waals surface area contributed by atoms with Crippen LogP contribution in [0, 0.1) is 10.1 Å². The van der Waals surface area contributed by atoms with Crippen LogP contribution in [0.5, 0.6) is 11.5 Å². The minimum atomic E-state index is -0.430. The van der Waals surface area contributed by atoms with Crippen molar-refractivity contribution in [1.29, 1.82) is 0 Å². The number of nitro benzene ring substituents is 1. The lowest BCUT2D eigenvalue weighted by molar-refractivity contribution is -0.384. The summed E-state index contributed by atoms with van der Waals surface area (Å²) in [6.07, 6.45) is 1.67. The highest BCUT2D eigenvalue weighted by molar-refractivity contribution is 5.70. The van der Waals surface area contributed by atoms with Crippen LogP contribution in [0.3, 0.4) is 0 Å². The molecule has 24 heavy (non-hydrogen) atoms. The van der Waals surface area contributed by atoms with Crippen LogP contribution in [0.4, 0.5) is 5.69 Å². The van der Waals surface area contributed by atoms with Gasteiger partial charge in [-0.15, -0.1) is 0 Å². The second-order valence-corrected chi connectivity index (χ2v) is 4.97. The van der Waals surface area contributed by atoms with Gasteiger partial charge in [0.05, 0.1) is 36.7 Å². The highest BCUT2D eigenvalue weighted by atomic mass is 16.6. The Kier molecular flexibility index (Phi) is 4.15. The Balaban J connectivity index is 2.06. The number of hydrogen-bond donors (Lipinski definition) is 0. The maximum Gasteiger partial charge on any atom is 0.269 e. The van der Waals surface area contributed by atoms with Crippen LogP contribution in [-0.2, 0) is 0 Å². The Morgan fingerprint density at radius 2 is 1.79 bits per heavy atom. The molecule has 3 aromatic rings. The number of methoxy groups -OCH3 is 2. The van der Waals surface area contributed by atoms with E-state index in [1.54, 1.807) is 43.3 Å². The number of hydrogen-bond acceptors (Lipinski definition) is 5. The van der Waals surface area contributed by atoms with Gasteiger partial charge in [-0.1, -0.05) is 0 Å². The van der Waals surface area contributed by atoms with E-state index in [4.69, 9.17) is 9.47 Å². The van der Waals surface area contributed by atoms with E-state index in [0.717, 1.165) is 16.9 Å². The molecule has 0 saturated carbocycles. The predicted molar refractivity (Wildman–Crippen MR) is 88.8 cm³/mol. The molecule has 3 rings (SSSR count). The number of non-ortho nitro benzene ring substituents is 1. The van der Waals surface area contributed by atoms with Crippen LogP contribution >= 0.6 is 0 Å². The molecule has 0 spiro atoms. The van der Waals surface area contributed by atoms with Crippen molar-refractivity contribution in [2.75, 3.05) is 14.2 Å². The summed E-state index contributed by atoms with van der Waals surface area (Å²) in [6.45, 7) is 0. The van der Waals surface area contributed by atoms with Gasteiger partial charge in [-0.2, -0.15) is 5.10 Å². The van der Waals surface area contributed by atoms with E-state index in [2.05, 4.69) is 5.10 Å². The molecule has 0 radical (unpaired) electrons. The molecule has 0 fully saturated rings. The van der Waals surface area contributed by atoms with Crippen LogP contribution < -0.4 is 9.47 Å². The average Bonchev–Trinajstić information content (AvgIpc) is 3.10. The summed E-state index contributed by atoms with van der Waals surface area (Å²) < 4.78 is 12.4. The third-order valence-electron chi connectivity index (χ3n) is 3.63. The van der Waals surface area contributed by atoms with Gasteiger partial charge in [-0.05, 0) is 30.3 Å². The molecule has 122 valence electrons. The molecular formula is C17H15N3O4. The maximum atomic E-state index is 10.8. The van der Waals surface area contributed by atoms with Crippen LogP contribution in [0.15, 0.2) is 54.7 Å². The molecular weight excluding hydrogens is 310 g/mol. The number of nitro groups is 1. The molecule has 0 saturated heterocycles. The standard InChI is InChI=1S/C17H15N3O4/c1-23-14-7-8-15(17(11-14)24-2)16-9-10-18-19(16)12-3-5-13(6-4-12)20(21)22/h3-11H,1-2H3. The lowest BCUT2D eigenvalue weighted by Crippen LogP contribution is -2.00. The largest absolute Gasteiger partial charge is 0.497 e. The van der Waals surface area contributed by atoms with Crippen molar-refractivity contribution in [2.45, 2.75) is 0 Å². The highest BCUT2D eigenvalue weighted by Gasteiger charge is 2.14. The molecule has 7 heteroatoms. The molecule has 0 aliphatic heterocycles. The van der Waals surface area contributed by atoms with Gasteiger partial charge >= 0.3 is 0 Å². The fourth-order valence-electron chi connectivity index (χ4n) is 2.44. The number of rotatable bonds is 5. The third-order valence-corrected chi connectivity index (χ3v) is 3.63. The zero-order valence-electron chi connectivity index (χ0n) is 13.2. The number of ether oxygens (including phenoxy) is 2. The van der Waals surface area contributed by atoms with Gasteiger partial charge in [-0.3, -0.25) is 10.1 Å². The van der Waals surface area contributed by atoms with Crippen LogP contribution in [0.1, 0.15) is 0 Å². The second-order valence-electron chi connectivity index (χ2n) is 4.97. The van der Waals surface area contributed by atoms with Gasteiger partial charge in [-0.25, -0.2) is 4.68 Å². The molecule has 0 N–H and O–H groups in total. The molecule has 0 bridgehead atoms. The first-order valence-corrected chi connectivity index (χ1v) is 7.15. The Bertz CT molecular complexity index is 872. The van der Waals surface area contributed by atoms with E-state index in [1.807, 2.05) is 18.2 Å². The molecule has 7 nitrogen and oxygen atoms in total. The van der Waals surface area contributed by atoms with E-state index < -0.39 is 4.92 Å². The zero-order valence-corrected chi connectivity index (χ0v) is 13.2. The monoisotopic (exact) mass is 325 g/mol. The smallest absolute Gasteiger partial charge is 0.269 e. The molecule has 0 aliphatic rings. The summed E-state index contributed by atoms with van der Waals surface area (Å²) in [7, 11) is 3.18. The normalized spacial score (nSPS) is 10.4.